The van der Waals surface area contributed by atoms with Crippen LogP contribution < -0.4 is 5.32 Å². The summed E-state index contributed by atoms with van der Waals surface area (Å²) in [5.41, 5.74) is 3.42. The summed E-state index contributed by atoms with van der Waals surface area (Å²) in [5, 5.41) is 9.70. The molecule has 3 heterocycles. The van der Waals surface area contributed by atoms with Crippen LogP contribution in [-0.4, -0.2) is 25.5 Å². The lowest BCUT2D eigenvalue weighted by Gasteiger charge is -2.02. The summed E-state index contributed by atoms with van der Waals surface area (Å²) in [6.07, 6.45) is 3.56. The average molecular weight is 255 g/mol. The minimum atomic E-state index is -0.240. The van der Waals surface area contributed by atoms with Gasteiger partial charge in [-0.05, 0) is 26.0 Å². The number of pyridine rings is 1. The second kappa shape index (κ2) is 4.24. The monoisotopic (exact) mass is 255 g/mol. The Hall–Kier alpha value is -2.63. The van der Waals surface area contributed by atoms with Gasteiger partial charge in [-0.2, -0.15) is 5.10 Å². The highest BCUT2D eigenvalue weighted by molar-refractivity contribution is 6.03. The zero-order valence-corrected chi connectivity index (χ0v) is 10.6. The largest absolute Gasteiger partial charge is 0.317 e. The lowest BCUT2D eigenvalue weighted by atomic mass is 10.3. The van der Waals surface area contributed by atoms with Crippen molar-refractivity contribution in [1.29, 1.82) is 0 Å². The van der Waals surface area contributed by atoms with Gasteiger partial charge >= 0.3 is 0 Å². The van der Waals surface area contributed by atoms with E-state index in [4.69, 9.17) is 0 Å². The van der Waals surface area contributed by atoms with E-state index in [0.717, 1.165) is 17.0 Å². The molecule has 0 radical (unpaired) electrons. The third-order valence-electron chi connectivity index (χ3n) is 2.96. The summed E-state index contributed by atoms with van der Waals surface area (Å²) in [4.78, 5) is 16.4. The normalized spacial score (nSPS) is 10.8. The van der Waals surface area contributed by atoms with Crippen LogP contribution in [0, 0.1) is 13.8 Å². The Morgan fingerprint density at radius 2 is 2.21 bits per heavy atom. The fourth-order valence-corrected chi connectivity index (χ4v) is 1.96. The van der Waals surface area contributed by atoms with E-state index < -0.39 is 0 Å². The number of H-pyrrole nitrogens is 1. The van der Waals surface area contributed by atoms with Crippen LogP contribution in [0.3, 0.4) is 0 Å². The number of aryl methyl sites for hydroxylation is 2. The molecular weight excluding hydrogens is 242 g/mol. The fourth-order valence-electron chi connectivity index (χ4n) is 1.96. The minimum absolute atomic E-state index is 0.240. The van der Waals surface area contributed by atoms with Gasteiger partial charge in [0.25, 0.3) is 5.91 Å². The lowest BCUT2D eigenvalue weighted by molar-refractivity contribution is 0.102. The van der Waals surface area contributed by atoms with Gasteiger partial charge in [-0.3, -0.25) is 9.89 Å². The molecule has 0 aromatic carbocycles. The number of hydrogen-bond donors (Lipinski definition) is 2. The molecule has 0 fully saturated rings. The summed E-state index contributed by atoms with van der Waals surface area (Å²) in [6, 6.07) is 5.63. The van der Waals surface area contributed by atoms with Gasteiger partial charge in [-0.15, -0.1) is 0 Å². The number of amides is 1. The number of rotatable bonds is 2. The van der Waals surface area contributed by atoms with Crippen LogP contribution in [0.25, 0.3) is 5.65 Å². The molecule has 0 aliphatic heterocycles. The molecule has 2 N–H and O–H groups in total. The quantitative estimate of drug-likeness (QED) is 0.734. The third kappa shape index (κ3) is 1.97. The topological polar surface area (TPSA) is 75.1 Å². The number of anilines is 1. The predicted molar refractivity (Wildman–Crippen MR) is 71.2 cm³/mol. The maximum atomic E-state index is 12.2. The Balaban J connectivity index is 1.92. The van der Waals surface area contributed by atoms with Crippen molar-refractivity contribution in [3.05, 3.63) is 47.7 Å². The number of nitrogens with zero attached hydrogens (tertiary/aromatic N) is 3. The summed E-state index contributed by atoms with van der Waals surface area (Å²) >= 11 is 0. The molecule has 0 spiro atoms. The highest BCUT2D eigenvalue weighted by Crippen LogP contribution is 2.17. The first-order valence-electron chi connectivity index (χ1n) is 5.92. The number of nitrogens with one attached hydrogen (secondary N) is 2. The van der Waals surface area contributed by atoms with Crippen molar-refractivity contribution in [2.45, 2.75) is 13.8 Å². The van der Waals surface area contributed by atoms with Crippen molar-refractivity contribution in [1.82, 2.24) is 19.6 Å². The molecule has 3 aromatic rings. The average Bonchev–Trinajstić information content (AvgIpc) is 2.97. The van der Waals surface area contributed by atoms with Gasteiger partial charge in [0.15, 0.2) is 0 Å². The molecule has 0 saturated heterocycles. The second-order valence-electron chi connectivity index (χ2n) is 4.36. The predicted octanol–water partition coefficient (Wildman–Crippen LogP) is 1.93. The van der Waals surface area contributed by atoms with Crippen molar-refractivity contribution < 1.29 is 4.79 Å². The summed E-state index contributed by atoms with van der Waals surface area (Å²) < 4.78 is 1.81. The number of carbonyl (C=O) groups is 1. The van der Waals surface area contributed by atoms with E-state index in [1.807, 2.05) is 42.6 Å². The van der Waals surface area contributed by atoms with Gasteiger partial charge in [0.2, 0.25) is 0 Å². The zero-order valence-electron chi connectivity index (χ0n) is 10.6. The summed E-state index contributed by atoms with van der Waals surface area (Å²) in [6.45, 7) is 3.70. The number of carbonyl (C=O) groups excluding carboxylic acids is 1. The Kier molecular flexibility index (Phi) is 2.56. The van der Waals surface area contributed by atoms with Gasteiger partial charge in [0, 0.05) is 12.4 Å². The van der Waals surface area contributed by atoms with Gasteiger partial charge in [0.1, 0.15) is 11.3 Å². The molecule has 3 rings (SSSR count). The molecule has 6 heteroatoms. The first kappa shape index (κ1) is 11.5. The van der Waals surface area contributed by atoms with Crippen molar-refractivity contribution in [2.75, 3.05) is 5.32 Å². The molecule has 0 bridgehead atoms. The molecule has 0 atom stereocenters. The number of imidazole rings is 1. The third-order valence-corrected chi connectivity index (χ3v) is 2.96. The maximum Gasteiger partial charge on any atom is 0.275 e. The van der Waals surface area contributed by atoms with Crippen molar-refractivity contribution in [3.63, 3.8) is 0 Å². The van der Waals surface area contributed by atoms with Crippen molar-refractivity contribution >= 4 is 17.2 Å². The number of aromatic amines is 1. The molecule has 3 aromatic heterocycles. The maximum absolute atomic E-state index is 12.2. The lowest BCUT2D eigenvalue weighted by Crippen LogP contribution is -2.13. The zero-order chi connectivity index (χ0) is 13.4. The van der Waals surface area contributed by atoms with Crippen molar-refractivity contribution in [3.8, 4) is 0 Å². The number of hydrogen-bond acceptors (Lipinski definition) is 3. The van der Waals surface area contributed by atoms with E-state index in [2.05, 4.69) is 20.5 Å². The first-order chi connectivity index (χ1) is 9.15. The minimum Gasteiger partial charge on any atom is -0.317 e. The van der Waals surface area contributed by atoms with Crippen LogP contribution in [0.5, 0.6) is 0 Å². The molecule has 19 heavy (non-hydrogen) atoms. The van der Waals surface area contributed by atoms with E-state index in [9.17, 15) is 4.79 Å². The van der Waals surface area contributed by atoms with Gasteiger partial charge in [-0.25, -0.2) is 4.98 Å². The molecule has 0 aliphatic rings. The number of fused-ring (bicyclic) bond motifs is 1. The summed E-state index contributed by atoms with van der Waals surface area (Å²) in [7, 11) is 0. The van der Waals surface area contributed by atoms with Gasteiger partial charge in [0.05, 0.1) is 17.1 Å². The Labute approximate surface area is 109 Å². The van der Waals surface area contributed by atoms with Gasteiger partial charge < -0.3 is 9.72 Å². The molecule has 0 saturated carbocycles. The molecule has 0 unspecified atom stereocenters. The molecule has 0 aliphatic carbocycles. The molecule has 1 amide bonds. The molecule has 96 valence electrons. The smallest absolute Gasteiger partial charge is 0.275 e. The highest BCUT2D eigenvalue weighted by Gasteiger charge is 2.14. The first-order valence-corrected chi connectivity index (χ1v) is 5.92. The van der Waals surface area contributed by atoms with Crippen molar-refractivity contribution in [2.24, 2.45) is 0 Å². The van der Waals surface area contributed by atoms with Crippen LogP contribution in [0.4, 0.5) is 5.69 Å². The van der Waals surface area contributed by atoms with Crippen LogP contribution in [-0.2, 0) is 0 Å². The summed E-state index contributed by atoms with van der Waals surface area (Å²) in [5.74, 6) is -0.240. The standard InChI is InChI=1S/C13H13N5O/c1-8-12(9(2)17-16-8)15-13(19)10-7-18-6-4-3-5-11(18)14-10/h3-7H,1-2H3,(H,15,19)(H,16,17). The molecular formula is C13H13N5O. The fraction of sp³-hybridized carbons (Fsp3) is 0.154. The van der Waals surface area contributed by atoms with E-state index in [1.165, 1.54) is 0 Å². The highest BCUT2D eigenvalue weighted by atomic mass is 16.1. The van der Waals surface area contributed by atoms with E-state index in [0.29, 0.717) is 11.4 Å². The van der Waals surface area contributed by atoms with Crippen LogP contribution in [0.1, 0.15) is 21.9 Å². The Morgan fingerprint density at radius 1 is 1.37 bits per heavy atom. The molecule has 6 nitrogen and oxygen atoms in total. The van der Waals surface area contributed by atoms with E-state index in [1.54, 1.807) is 6.20 Å². The number of aromatic nitrogens is 4. The van der Waals surface area contributed by atoms with E-state index in [-0.39, 0.29) is 5.91 Å². The van der Waals surface area contributed by atoms with E-state index >= 15 is 0 Å². The second-order valence-corrected chi connectivity index (χ2v) is 4.36. The van der Waals surface area contributed by atoms with Crippen LogP contribution in [0.15, 0.2) is 30.6 Å². The van der Waals surface area contributed by atoms with Gasteiger partial charge in [-0.1, -0.05) is 6.07 Å². The Bertz CT molecular complexity index is 703. The SMILES string of the molecule is Cc1n[nH]c(C)c1NC(=O)c1cn2ccccc2n1. The van der Waals surface area contributed by atoms with Crippen LogP contribution in [0.2, 0.25) is 0 Å². The Morgan fingerprint density at radius 3 is 2.89 bits per heavy atom. The van der Waals surface area contributed by atoms with Crippen LogP contribution >= 0.6 is 0 Å².